The minimum absolute atomic E-state index is 0.203. The van der Waals surface area contributed by atoms with Crippen molar-refractivity contribution in [3.8, 4) is 17.0 Å². The SMILES string of the molecule is CCOC(=O)c1ccc(N2C(=O)c3[nH]nc(-c4ccc(C)cc4)c3[C@@H]2c2ccccc2OC)cc1. The maximum Gasteiger partial charge on any atom is 0.338 e. The zero-order chi connectivity index (χ0) is 24.5. The lowest BCUT2D eigenvalue weighted by molar-refractivity contribution is 0.0526. The number of ether oxygens (including phenoxy) is 2. The predicted octanol–water partition coefficient (Wildman–Crippen LogP) is 5.32. The summed E-state index contributed by atoms with van der Waals surface area (Å²) in [6.07, 6.45) is 0. The van der Waals surface area contributed by atoms with Gasteiger partial charge in [0.1, 0.15) is 11.4 Å². The van der Waals surface area contributed by atoms with Crippen molar-refractivity contribution < 1.29 is 19.1 Å². The molecule has 0 fully saturated rings. The van der Waals surface area contributed by atoms with E-state index < -0.39 is 12.0 Å². The lowest BCUT2D eigenvalue weighted by atomic mass is 9.95. The largest absolute Gasteiger partial charge is 0.496 e. The molecule has 7 heteroatoms. The van der Waals surface area contributed by atoms with E-state index in [9.17, 15) is 9.59 Å². The number of amides is 1. The second-order valence-electron chi connectivity index (χ2n) is 8.31. The molecule has 1 atom stereocenters. The van der Waals surface area contributed by atoms with Crippen molar-refractivity contribution in [3.05, 3.63) is 101 Å². The number of anilines is 1. The summed E-state index contributed by atoms with van der Waals surface area (Å²) < 4.78 is 10.8. The molecule has 0 unspecified atom stereocenters. The summed E-state index contributed by atoms with van der Waals surface area (Å²) >= 11 is 0. The molecular formula is C28H25N3O4. The van der Waals surface area contributed by atoms with Gasteiger partial charge in [-0.3, -0.25) is 14.8 Å². The number of aryl methyl sites for hydroxylation is 1. The summed E-state index contributed by atoms with van der Waals surface area (Å²) in [7, 11) is 1.62. The molecule has 35 heavy (non-hydrogen) atoms. The van der Waals surface area contributed by atoms with E-state index in [1.807, 2.05) is 55.5 Å². The number of esters is 1. The first-order chi connectivity index (χ1) is 17.0. The number of rotatable bonds is 6. The van der Waals surface area contributed by atoms with Gasteiger partial charge in [-0.05, 0) is 44.2 Å². The fraction of sp³-hybridized carbons (Fsp3) is 0.179. The number of hydrogen-bond acceptors (Lipinski definition) is 5. The lowest BCUT2D eigenvalue weighted by Gasteiger charge is -2.27. The Bertz CT molecular complexity index is 1390. The van der Waals surface area contributed by atoms with Crippen LogP contribution >= 0.6 is 0 Å². The van der Waals surface area contributed by atoms with Gasteiger partial charge in [-0.15, -0.1) is 0 Å². The van der Waals surface area contributed by atoms with Crippen molar-refractivity contribution in [2.75, 3.05) is 18.6 Å². The standard InChI is InChI=1S/C28H25N3O4/c1-4-35-28(33)19-13-15-20(16-14-19)31-26(21-7-5-6-8-22(21)34-3)23-24(29-30-25(23)27(31)32)18-11-9-17(2)10-12-18/h5-16,26H,4H2,1-3H3,(H,29,30)/t26-/m0/s1. The van der Waals surface area contributed by atoms with Crippen LogP contribution in [0.5, 0.6) is 5.75 Å². The maximum atomic E-state index is 13.7. The van der Waals surface area contributed by atoms with Crippen LogP contribution in [0.25, 0.3) is 11.3 Å². The fourth-order valence-electron chi connectivity index (χ4n) is 4.50. The van der Waals surface area contributed by atoms with Gasteiger partial charge in [0.25, 0.3) is 5.91 Å². The first-order valence-corrected chi connectivity index (χ1v) is 11.4. The van der Waals surface area contributed by atoms with Crippen molar-refractivity contribution in [2.45, 2.75) is 19.9 Å². The number of para-hydroxylation sites is 1. The van der Waals surface area contributed by atoms with Gasteiger partial charge < -0.3 is 9.47 Å². The van der Waals surface area contributed by atoms with Crippen LogP contribution in [0.2, 0.25) is 0 Å². The third-order valence-electron chi connectivity index (χ3n) is 6.18. The molecule has 0 aliphatic carbocycles. The highest BCUT2D eigenvalue weighted by Crippen LogP contribution is 2.47. The second-order valence-corrected chi connectivity index (χ2v) is 8.31. The van der Waals surface area contributed by atoms with Gasteiger partial charge in [-0.1, -0.05) is 48.0 Å². The Hall–Kier alpha value is -4.39. The van der Waals surface area contributed by atoms with Crippen LogP contribution in [-0.4, -0.2) is 35.8 Å². The number of nitrogens with zero attached hydrogens (tertiary/aromatic N) is 2. The maximum absolute atomic E-state index is 13.7. The number of hydrogen-bond donors (Lipinski definition) is 1. The zero-order valence-electron chi connectivity index (χ0n) is 19.7. The third kappa shape index (κ3) is 3.85. The van der Waals surface area contributed by atoms with E-state index in [4.69, 9.17) is 9.47 Å². The Morgan fingerprint density at radius 3 is 2.43 bits per heavy atom. The molecule has 1 aromatic heterocycles. The van der Waals surface area contributed by atoms with Crippen molar-refractivity contribution >= 4 is 17.6 Å². The van der Waals surface area contributed by atoms with E-state index in [-0.39, 0.29) is 5.91 Å². The highest BCUT2D eigenvalue weighted by molar-refractivity contribution is 6.12. The highest BCUT2D eigenvalue weighted by atomic mass is 16.5. The van der Waals surface area contributed by atoms with Crippen molar-refractivity contribution in [1.82, 2.24) is 10.2 Å². The fourth-order valence-corrected chi connectivity index (χ4v) is 4.50. The molecular weight excluding hydrogens is 442 g/mol. The molecule has 4 aromatic rings. The summed E-state index contributed by atoms with van der Waals surface area (Å²) in [6, 6.07) is 22.1. The number of carbonyl (C=O) groups is 2. The van der Waals surface area contributed by atoms with Gasteiger partial charge in [-0.2, -0.15) is 5.10 Å². The number of benzene rings is 3. The molecule has 1 amide bonds. The molecule has 7 nitrogen and oxygen atoms in total. The molecule has 3 aromatic carbocycles. The smallest absolute Gasteiger partial charge is 0.338 e. The normalized spacial score (nSPS) is 14.7. The zero-order valence-corrected chi connectivity index (χ0v) is 19.7. The number of nitrogens with one attached hydrogen (secondary N) is 1. The summed E-state index contributed by atoms with van der Waals surface area (Å²) in [6.45, 7) is 4.09. The van der Waals surface area contributed by atoms with Crippen LogP contribution in [0.4, 0.5) is 5.69 Å². The Kier molecular flexibility index (Phi) is 5.82. The summed E-state index contributed by atoms with van der Waals surface area (Å²) in [4.78, 5) is 27.6. The third-order valence-corrected chi connectivity index (χ3v) is 6.18. The Labute approximate surface area is 203 Å². The number of H-pyrrole nitrogens is 1. The molecule has 2 heterocycles. The molecule has 0 radical (unpaired) electrons. The number of methoxy groups -OCH3 is 1. The van der Waals surface area contributed by atoms with E-state index in [0.29, 0.717) is 29.3 Å². The molecule has 1 aliphatic rings. The topological polar surface area (TPSA) is 84.5 Å². The van der Waals surface area contributed by atoms with Crippen LogP contribution in [-0.2, 0) is 4.74 Å². The molecule has 0 spiro atoms. The summed E-state index contributed by atoms with van der Waals surface area (Å²) in [5.41, 5.74) is 5.92. The summed E-state index contributed by atoms with van der Waals surface area (Å²) in [5.74, 6) is 0.0668. The van der Waals surface area contributed by atoms with Crippen molar-refractivity contribution in [2.24, 2.45) is 0 Å². The quantitative estimate of drug-likeness (QED) is 0.388. The van der Waals surface area contributed by atoms with Gasteiger partial charge in [0, 0.05) is 22.4 Å². The van der Waals surface area contributed by atoms with E-state index in [0.717, 1.165) is 27.9 Å². The van der Waals surface area contributed by atoms with Crippen LogP contribution in [0.3, 0.4) is 0 Å². The number of aromatic nitrogens is 2. The van der Waals surface area contributed by atoms with Gasteiger partial charge in [0.2, 0.25) is 0 Å². The van der Waals surface area contributed by atoms with E-state index in [2.05, 4.69) is 10.2 Å². The van der Waals surface area contributed by atoms with Crippen LogP contribution < -0.4 is 9.64 Å². The molecule has 1 aliphatic heterocycles. The number of fused-ring (bicyclic) bond motifs is 1. The Morgan fingerprint density at radius 1 is 1.03 bits per heavy atom. The van der Waals surface area contributed by atoms with E-state index >= 15 is 0 Å². The first kappa shape index (κ1) is 22.4. The summed E-state index contributed by atoms with van der Waals surface area (Å²) in [5, 5.41) is 7.51. The van der Waals surface area contributed by atoms with E-state index in [1.54, 1.807) is 43.2 Å². The molecule has 0 bridgehead atoms. The average Bonchev–Trinajstić information content (AvgIpc) is 3.43. The molecule has 5 rings (SSSR count). The molecule has 0 saturated carbocycles. The van der Waals surface area contributed by atoms with Crippen LogP contribution in [0.15, 0.2) is 72.8 Å². The predicted molar refractivity (Wildman–Crippen MR) is 133 cm³/mol. The first-order valence-electron chi connectivity index (χ1n) is 11.4. The van der Waals surface area contributed by atoms with Crippen molar-refractivity contribution in [3.63, 3.8) is 0 Å². The van der Waals surface area contributed by atoms with E-state index in [1.165, 1.54) is 0 Å². The number of aromatic amines is 1. The molecule has 176 valence electrons. The van der Waals surface area contributed by atoms with Gasteiger partial charge >= 0.3 is 5.97 Å². The van der Waals surface area contributed by atoms with Gasteiger partial charge in [-0.25, -0.2) is 4.79 Å². The molecule has 1 N–H and O–H groups in total. The lowest BCUT2D eigenvalue weighted by Crippen LogP contribution is -2.29. The Balaban J connectivity index is 1.66. The van der Waals surface area contributed by atoms with Crippen LogP contribution in [0, 0.1) is 6.92 Å². The van der Waals surface area contributed by atoms with Gasteiger partial charge in [0.15, 0.2) is 0 Å². The Morgan fingerprint density at radius 2 is 1.74 bits per heavy atom. The molecule has 0 saturated heterocycles. The van der Waals surface area contributed by atoms with Crippen LogP contribution in [0.1, 0.15) is 50.5 Å². The van der Waals surface area contributed by atoms with Crippen molar-refractivity contribution in [1.29, 1.82) is 0 Å². The highest BCUT2D eigenvalue weighted by Gasteiger charge is 2.44. The minimum atomic E-state index is -0.475. The monoisotopic (exact) mass is 467 g/mol. The van der Waals surface area contributed by atoms with Gasteiger partial charge in [0.05, 0.1) is 31.0 Å². The average molecular weight is 468 g/mol. The number of carbonyl (C=O) groups excluding carboxylic acids is 2. The second kappa shape index (κ2) is 9.10. The minimum Gasteiger partial charge on any atom is -0.496 e.